The molecule has 0 aliphatic carbocycles. The zero-order chi connectivity index (χ0) is 16.4. The normalized spacial score (nSPS) is 13.2. The van der Waals surface area contributed by atoms with Crippen molar-refractivity contribution in [1.29, 1.82) is 0 Å². The van der Waals surface area contributed by atoms with Crippen LogP contribution in [0.1, 0.15) is 16.7 Å². The summed E-state index contributed by atoms with van der Waals surface area (Å²) in [5.74, 6) is 0.722. The first-order chi connectivity index (χ1) is 11.8. The Labute approximate surface area is 145 Å². The van der Waals surface area contributed by atoms with Crippen molar-refractivity contribution in [3.63, 3.8) is 0 Å². The van der Waals surface area contributed by atoms with Crippen molar-refractivity contribution < 1.29 is 0 Å². The molecule has 0 unspecified atom stereocenters. The summed E-state index contributed by atoms with van der Waals surface area (Å²) in [5, 5.41) is 5.29. The van der Waals surface area contributed by atoms with Crippen LogP contribution in [0.4, 0.5) is 5.69 Å². The van der Waals surface area contributed by atoms with Crippen molar-refractivity contribution in [3.8, 4) is 0 Å². The molecule has 0 saturated carbocycles. The van der Waals surface area contributed by atoms with E-state index in [0.29, 0.717) is 5.02 Å². The van der Waals surface area contributed by atoms with Crippen molar-refractivity contribution in [1.82, 2.24) is 5.43 Å². The van der Waals surface area contributed by atoms with Crippen molar-refractivity contribution >= 4 is 28.8 Å². The van der Waals surface area contributed by atoms with E-state index in [1.807, 2.05) is 78.9 Å². The first-order valence-corrected chi connectivity index (χ1v) is 8.02. The molecule has 4 heteroatoms. The zero-order valence-corrected chi connectivity index (χ0v) is 13.5. The van der Waals surface area contributed by atoms with Crippen LogP contribution in [-0.4, -0.2) is 11.5 Å². The summed E-state index contributed by atoms with van der Waals surface area (Å²) in [6.07, 6.45) is 0. The molecule has 0 atom stereocenters. The number of halogens is 1. The van der Waals surface area contributed by atoms with Gasteiger partial charge in [0, 0.05) is 21.7 Å². The number of rotatable bonds is 2. The Kier molecular flexibility index (Phi) is 3.85. The lowest BCUT2D eigenvalue weighted by atomic mass is 10.0. The molecule has 1 heterocycles. The quantitative estimate of drug-likeness (QED) is 0.721. The molecule has 3 nitrogen and oxygen atoms in total. The second kappa shape index (κ2) is 6.30. The minimum absolute atomic E-state index is 0.682. The fourth-order valence-electron chi connectivity index (χ4n) is 2.67. The molecule has 0 amide bonds. The third kappa shape index (κ3) is 2.82. The van der Waals surface area contributed by atoms with Crippen LogP contribution in [0.5, 0.6) is 0 Å². The average molecular weight is 332 g/mol. The molecule has 1 aliphatic heterocycles. The van der Waals surface area contributed by atoms with Gasteiger partial charge in [0.15, 0.2) is 5.84 Å². The predicted molar refractivity (Wildman–Crippen MR) is 99.3 cm³/mol. The van der Waals surface area contributed by atoms with E-state index in [2.05, 4.69) is 10.5 Å². The Hall–Kier alpha value is -2.91. The molecule has 0 fully saturated rings. The maximum atomic E-state index is 6.15. The summed E-state index contributed by atoms with van der Waals surface area (Å²) in [7, 11) is 0. The van der Waals surface area contributed by atoms with Gasteiger partial charge in [-0.1, -0.05) is 72.3 Å². The summed E-state index contributed by atoms with van der Waals surface area (Å²) in [6, 6.07) is 25.6. The molecular weight excluding hydrogens is 318 g/mol. The van der Waals surface area contributed by atoms with Crippen LogP contribution in [0.3, 0.4) is 0 Å². The van der Waals surface area contributed by atoms with Gasteiger partial charge in [-0.15, -0.1) is 0 Å². The van der Waals surface area contributed by atoms with E-state index in [-0.39, 0.29) is 0 Å². The number of hydrazone groups is 1. The molecular formula is C20H14ClN3. The number of aliphatic imine (C=N–C) groups is 1. The smallest absolute Gasteiger partial charge is 0.154 e. The van der Waals surface area contributed by atoms with Crippen molar-refractivity contribution in [2.75, 3.05) is 0 Å². The number of para-hydroxylation sites is 1. The highest BCUT2D eigenvalue weighted by Gasteiger charge is 2.16. The van der Waals surface area contributed by atoms with Gasteiger partial charge in [-0.05, 0) is 18.2 Å². The third-order valence-corrected chi connectivity index (χ3v) is 4.05. The first kappa shape index (κ1) is 14.7. The van der Waals surface area contributed by atoms with Gasteiger partial charge in [0.1, 0.15) is 5.71 Å². The Bertz CT molecular complexity index is 946. The minimum Gasteiger partial charge on any atom is -0.260 e. The molecule has 24 heavy (non-hydrogen) atoms. The Balaban J connectivity index is 1.86. The highest BCUT2D eigenvalue weighted by Crippen LogP contribution is 2.26. The molecule has 1 aliphatic rings. The lowest BCUT2D eigenvalue weighted by molar-refractivity contribution is 1.03. The maximum absolute atomic E-state index is 6.15. The molecule has 0 spiro atoms. The highest BCUT2D eigenvalue weighted by molar-refractivity contribution is 6.31. The van der Waals surface area contributed by atoms with Crippen LogP contribution in [0.2, 0.25) is 5.02 Å². The number of nitrogens with one attached hydrogen (secondary N) is 1. The van der Waals surface area contributed by atoms with Crippen molar-refractivity contribution in [3.05, 3.63) is 101 Å². The lowest BCUT2D eigenvalue weighted by Crippen LogP contribution is -2.19. The second-order valence-electron chi connectivity index (χ2n) is 5.43. The number of benzene rings is 3. The molecule has 4 rings (SSSR count). The molecule has 3 aromatic carbocycles. The van der Waals surface area contributed by atoms with Gasteiger partial charge in [0.25, 0.3) is 0 Å². The van der Waals surface area contributed by atoms with Crippen LogP contribution in [0, 0.1) is 0 Å². The van der Waals surface area contributed by atoms with Gasteiger partial charge in [-0.25, -0.2) is 4.99 Å². The van der Waals surface area contributed by atoms with Gasteiger partial charge in [0.05, 0.1) is 5.69 Å². The monoisotopic (exact) mass is 331 g/mol. The standard InChI is InChI=1S/C20H14ClN3/c21-16-10-6-9-15(13-16)19-17-11-4-5-12-18(17)22-20(24-23-19)14-7-2-1-3-8-14/h1-13H,(H,22,24). The summed E-state index contributed by atoms with van der Waals surface area (Å²) in [5.41, 5.74) is 7.72. The SMILES string of the molecule is Clc1cccc(C2=NNC(c3ccccc3)=Nc3ccccc32)c1. The van der Waals surface area contributed by atoms with E-state index in [9.17, 15) is 0 Å². The zero-order valence-electron chi connectivity index (χ0n) is 12.8. The van der Waals surface area contributed by atoms with Crippen molar-refractivity contribution in [2.45, 2.75) is 0 Å². The Morgan fingerprint density at radius 3 is 2.33 bits per heavy atom. The molecule has 3 aromatic rings. The minimum atomic E-state index is 0.682. The number of hydrogen-bond acceptors (Lipinski definition) is 3. The third-order valence-electron chi connectivity index (χ3n) is 3.81. The number of nitrogens with zero attached hydrogens (tertiary/aromatic N) is 2. The summed E-state index contributed by atoms with van der Waals surface area (Å²) < 4.78 is 0. The van der Waals surface area contributed by atoms with Crippen LogP contribution in [0.15, 0.2) is 89.0 Å². The fourth-order valence-corrected chi connectivity index (χ4v) is 2.86. The topological polar surface area (TPSA) is 36.8 Å². The van der Waals surface area contributed by atoms with Gasteiger partial charge in [-0.2, -0.15) is 5.10 Å². The van der Waals surface area contributed by atoms with Crippen molar-refractivity contribution in [2.24, 2.45) is 10.1 Å². The van der Waals surface area contributed by atoms with Gasteiger partial charge < -0.3 is 0 Å². The second-order valence-corrected chi connectivity index (χ2v) is 5.86. The Morgan fingerprint density at radius 1 is 0.750 bits per heavy atom. The molecule has 1 N–H and O–H groups in total. The predicted octanol–water partition coefficient (Wildman–Crippen LogP) is 4.77. The lowest BCUT2D eigenvalue weighted by Gasteiger charge is -2.07. The summed E-state index contributed by atoms with van der Waals surface area (Å²) in [6.45, 7) is 0. The van der Waals surface area contributed by atoms with Gasteiger partial charge >= 0.3 is 0 Å². The summed E-state index contributed by atoms with van der Waals surface area (Å²) in [4.78, 5) is 4.77. The molecule has 0 bridgehead atoms. The molecule has 0 aromatic heterocycles. The van der Waals surface area contributed by atoms with E-state index in [4.69, 9.17) is 16.6 Å². The first-order valence-electron chi connectivity index (χ1n) is 7.64. The van der Waals surface area contributed by atoms with Gasteiger partial charge in [0.2, 0.25) is 0 Å². The van der Waals surface area contributed by atoms with E-state index >= 15 is 0 Å². The maximum Gasteiger partial charge on any atom is 0.154 e. The van der Waals surface area contributed by atoms with Crippen LogP contribution >= 0.6 is 11.6 Å². The Morgan fingerprint density at radius 2 is 1.50 bits per heavy atom. The summed E-state index contributed by atoms with van der Waals surface area (Å²) >= 11 is 6.15. The molecule has 0 radical (unpaired) electrons. The average Bonchev–Trinajstić information content (AvgIpc) is 2.82. The van der Waals surface area contributed by atoms with E-state index in [0.717, 1.165) is 33.9 Å². The molecule has 116 valence electrons. The van der Waals surface area contributed by atoms with Crippen LogP contribution < -0.4 is 5.43 Å². The molecule has 0 saturated heterocycles. The van der Waals surface area contributed by atoms with Crippen LogP contribution in [-0.2, 0) is 0 Å². The van der Waals surface area contributed by atoms with E-state index in [1.54, 1.807) is 0 Å². The largest absolute Gasteiger partial charge is 0.260 e. The van der Waals surface area contributed by atoms with E-state index < -0.39 is 0 Å². The number of fused-ring (bicyclic) bond motifs is 1. The number of amidine groups is 1. The highest BCUT2D eigenvalue weighted by atomic mass is 35.5. The number of hydrogen-bond donors (Lipinski definition) is 1. The fraction of sp³-hybridized carbons (Fsp3) is 0. The van der Waals surface area contributed by atoms with Crippen LogP contribution in [0.25, 0.3) is 0 Å². The van der Waals surface area contributed by atoms with Gasteiger partial charge in [-0.3, -0.25) is 5.43 Å². The van der Waals surface area contributed by atoms with E-state index in [1.165, 1.54) is 0 Å².